The maximum absolute atomic E-state index is 12.3. The van der Waals surface area contributed by atoms with Crippen LogP contribution in [0.1, 0.15) is 19.5 Å². The fourth-order valence-electron chi connectivity index (χ4n) is 1.92. The molecule has 0 aliphatic heterocycles. The van der Waals surface area contributed by atoms with Crippen molar-refractivity contribution in [3.8, 4) is 0 Å². The van der Waals surface area contributed by atoms with E-state index < -0.39 is 0 Å². The smallest absolute Gasteiger partial charge is 0.276 e. The van der Waals surface area contributed by atoms with Crippen LogP contribution < -0.4 is 10.9 Å². The van der Waals surface area contributed by atoms with Gasteiger partial charge in [0.25, 0.3) is 5.56 Å². The first-order valence-electron chi connectivity index (χ1n) is 6.43. The molecule has 0 spiro atoms. The third kappa shape index (κ3) is 3.12. The van der Waals surface area contributed by atoms with Crippen molar-refractivity contribution in [2.24, 2.45) is 0 Å². The summed E-state index contributed by atoms with van der Waals surface area (Å²) in [5, 5.41) is 7.52. The Hall–Kier alpha value is -1.88. The molecule has 0 unspecified atom stereocenters. The lowest BCUT2D eigenvalue weighted by Gasteiger charge is -2.12. The van der Waals surface area contributed by atoms with Gasteiger partial charge in [-0.3, -0.25) is 4.79 Å². The highest BCUT2D eigenvalue weighted by Crippen LogP contribution is 2.01. The SMILES string of the molecule is C=C(CNC(C)C)Cn1ccn2nc(C)cc2c1=O. The molecule has 102 valence electrons. The molecule has 5 heteroatoms. The van der Waals surface area contributed by atoms with Crippen LogP contribution in [0.2, 0.25) is 0 Å². The van der Waals surface area contributed by atoms with Gasteiger partial charge in [-0.1, -0.05) is 20.4 Å². The van der Waals surface area contributed by atoms with Crippen molar-refractivity contribution in [2.75, 3.05) is 6.54 Å². The first kappa shape index (κ1) is 13.5. The van der Waals surface area contributed by atoms with Crippen molar-refractivity contribution < 1.29 is 0 Å². The van der Waals surface area contributed by atoms with Crippen LogP contribution in [-0.4, -0.2) is 26.8 Å². The van der Waals surface area contributed by atoms with Crippen LogP contribution in [0.25, 0.3) is 5.52 Å². The summed E-state index contributed by atoms with van der Waals surface area (Å²) >= 11 is 0. The van der Waals surface area contributed by atoms with Gasteiger partial charge in [0.15, 0.2) is 0 Å². The monoisotopic (exact) mass is 260 g/mol. The van der Waals surface area contributed by atoms with E-state index in [2.05, 4.69) is 30.8 Å². The number of rotatable bonds is 5. The van der Waals surface area contributed by atoms with Crippen LogP contribution >= 0.6 is 0 Å². The van der Waals surface area contributed by atoms with E-state index in [-0.39, 0.29) is 5.56 Å². The summed E-state index contributed by atoms with van der Waals surface area (Å²) in [6, 6.07) is 2.21. The molecule has 0 atom stereocenters. The molecule has 0 aromatic carbocycles. The van der Waals surface area contributed by atoms with Crippen LogP contribution in [-0.2, 0) is 6.54 Å². The van der Waals surface area contributed by atoms with E-state index in [0.29, 0.717) is 24.6 Å². The lowest BCUT2D eigenvalue weighted by atomic mass is 10.2. The number of nitrogens with one attached hydrogen (secondary N) is 1. The standard InChI is InChI=1S/C14H20N4O/c1-10(2)15-8-11(3)9-17-5-6-18-13(14(17)19)7-12(4)16-18/h5-7,10,15H,3,8-9H2,1-2,4H3. The summed E-state index contributed by atoms with van der Waals surface area (Å²) in [7, 11) is 0. The molecule has 0 bridgehead atoms. The van der Waals surface area contributed by atoms with Gasteiger partial charge in [0.1, 0.15) is 5.52 Å². The molecule has 19 heavy (non-hydrogen) atoms. The quantitative estimate of drug-likeness (QED) is 0.826. The molecule has 0 amide bonds. The number of hydrogen-bond acceptors (Lipinski definition) is 3. The highest BCUT2D eigenvalue weighted by atomic mass is 16.1. The van der Waals surface area contributed by atoms with Crippen LogP contribution in [0.5, 0.6) is 0 Å². The second-order valence-electron chi connectivity index (χ2n) is 5.13. The molecule has 0 aliphatic rings. The average Bonchev–Trinajstić information content (AvgIpc) is 2.72. The van der Waals surface area contributed by atoms with Crippen LogP contribution in [0, 0.1) is 6.92 Å². The highest BCUT2D eigenvalue weighted by molar-refractivity contribution is 5.44. The summed E-state index contributed by atoms with van der Waals surface area (Å²) in [6.45, 7) is 11.3. The summed E-state index contributed by atoms with van der Waals surface area (Å²) in [5.41, 5.74) is 2.39. The predicted octanol–water partition coefficient (Wildman–Crippen LogP) is 1.36. The number of hydrogen-bond donors (Lipinski definition) is 1. The molecular formula is C14H20N4O. The molecule has 2 aromatic rings. The van der Waals surface area contributed by atoms with Crippen LogP contribution in [0.4, 0.5) is 0 Å². The van der Waals surface area contributed by atoms with Gasteiger partial charge in [0.2, 0.25) is 0 Å². The van der Waals surface area contributed by atoms with Crippen molar-refractivity contribution in [1.82, 2.24) is 19.5 Å². The average molecular weight is 260 g/mol. The molecule has 2 rings (SSSR count). The predicted molar refractivity (Wildman–Crippen MR) is 76.5 cm³/mol. The lowest BCUT2D eigenvalue weighted by molar-refractivity contribution is 0.599. The molecule has 0 saturated carbocycles. The molecule has 0 saturated heterocycles. The number of nitrogens with zero attached hydrogens (tertiary/aromatic N) is 3. The Morgan fingerprint density at radius 1 is 1.47 bits per heavy atom. The highest BCUT2D eigenvalue weighted by Gasteiger charge is 2.06. The Morgan fingerprint density at radius 2 is 2.21 bits per heavy atom. The van der Waals surface area contributed by atoms with Gasteiger partial charge in [0, 0.05) is 31.5 Å². The van der Waals surface area contributed by atoms with Gasteiger partial charge < -0.3 is 9.88 Å². The summed E-state index contributed by atoms with van der Waals surface area (Å²) in [6.07, 6.45) is 3.55. The largest absolute Gasteiger partial charge is 0.311 e. The second-order valence-corrected chi connectivity index (χ2v) is 5.13. The Bertz CT molecular complexity index is 651. The van der Waals surface area contributed by atoms with Crippen molar-refractivity contribution >= 4 is 5.52 Å². The van der Waals surface area contributed by atoms with E-state index in [1.165, 1.54) is 0 Å². The lowest BCUT2D eigenvalue weighted by Crippen LogP contribution is -2.28. The third-order valence-electron chi connectivity index (χ3n) is 2.88. The van der Waals surface area contributed by atoms with Crippen LogP contribution in [0.15, 0.2) is 35.4 Å². The molecule has 2 aromatic heterocycles. The first-order valence-corrected chi connectivity index (χ1v) is 6.43. The van der Waals surface area contributed by atoms with E-state index in [9.17, 15) is 4.79 Å². The molecular weight excluding hydrogens is 240 g/mol. The fraction of sp³-hybridized carbons (Fsp3) is 0.429. The number of fused-ring (bicyclic) bond motifs is 1. The number of aromatic nitrogens is 3. The van der Waals surface area contributed by atoms with Crippen molar-refractivity contribution in [3.05, 3.63) is 46.7 Å². The zero-order valence-electron chi connectivity index (χ0n) is 11.7. The normalized spacial score (nSPS) is 11.4. The summed E-state index contributed by atoms with van der Waals surface area (Å²) in [4.78, 5) is 12.3. The Morgan fingerprint density at radius 3 is 2.89 bits per heavy atom. The molecule has 0 radical (unpaired) electrons. The van der Waals surface area contributed by atoms with E-state index >= 15 is 0 Å². The third-order valence-corrected chi connectivity index (χ3v) is 2.88. The van der Waals surface area contributed by atoms with E-state index in [4.69, 9.17) is 0 Å². The topological polar surface area (TPSA) is 51.3 Å². The molecule has 1 N–H and O–H groups in total. The maximum atomic E-state index is 12.3. The first-order chi connectivity index (χ1) is 8.97. The van der Waals surface area contributed by atoms with Gasteiger partial charge in [-0.05, 0) is 18.6 Å². The Kier molecular flexibility index (Phi) is 3.85. The summed E-state index contributed by atoms with van der Waals surface area (Å²) < 4.78 is 3.28. The minimum Gasteiger partial charge on any atom is -0.311 e. The van der Waals surface area contributed by atoms with E-state index in [1.54, 1.807) is 27.5 Å². The minimum absolute atomic E-state index is 0.0335. The van der Waals surface area contributed by atoms with Gasteiger partial charge in [0.05, 0.1) is 5.69 Å². The number of aryl methyl sites for hydroxylation is 1. The van der Waals surface area contributed by atoms with Crippen molar-refractivity contribution in [3.63, 3.8) is 0 Å². The molecule has 5 nitrogen and oxygen atoms in total. The van der Waals surface area contributed by atoms with Crippen molar-refractivity contribution in [2.45, 2.75) is 33.4 Å². The summed E-state index contributed by atoms with van der Waals surface area (Å²) in [5.74, 6) is 0. The van der Waals surface area contributed by atoms with E-state index in [1.807, 2.05) is 6.92 Å². The zero-order chi connectivity index (χ0) is 14.0. The minimum atomic E-state index is -0.0335. The zero-order valence-corrected chi connectivity index (χ0v) is 11.7. The Balaban J connectivity index is 2.19. The van der Waals surface area contributed by atoms with Crippen molar-refractivity contribution in [1.29, 1.82) is 0 Å². The maximum Gasteiger partial charge on any atom is 0.276 e. The molecule has 2 heterocycles. The fourth-order valence-corrected chi connectivity index (χ4v) is 1.92. The van der Waals surface area contributed by atoms with Crippen LogP contribution in [0.3, 0.4) is 0 Å². The van der Waals surface area contributed by atoms with E-state index in [0.717, 1.165) is 11.3 Å². The molecule has 0 fully saturated rings. The van der Waals surface area contributed by atoms with Gasteiger partial charge in [-0.15, -0.1) is 0 Å². The molecule has 0 aliphatic carbocycles. The Labute approximate surface area is 112 Å². The van der Waals surface area contributed by atoms with Gasteiger partial charge in [-0.2, -0.15) is 5.10 Å². The second kappa shape index (κ2) is 5.40. The van der Waals surface area contributed by atoms with Gasteiger partial charge in [-0.25, -0.2) is 4.52 Å². The van der Waals surface area contributed by atoms with Gasteiger partial charge >= 0.3 is 0 Å².